The monoisotopic (exact) mass is 223 g/mol. The Labute approximate surface area is 103 Å². The fraction of sp³-hybridized carbons (Fsp3) is 0.188. The second-order valence-corrected chi connectivity index (χ2v) is 4.39. The van der Waals surface area contributed by atoms with Gasteiger partial charge in [-0.3, -0.25) is 4.99 Å². The summed E-state index contributed by atoms with van der Waals surface area (Å²) in [5.41, 5.74) is 6.09. The summed E-state index contributed by atoms with van der Waals surface area (Å²) in [4.78, 5) is 4.49. The zero-order valence-electron chi connectivity index (χ0n) is 10.6. The predicted molar refractivity (Wildman–Crippen MR) is 74.3 cm³/mol. The van der Waals surface area contributed by atoms with Crippen molar-refractivity contribution < 1.29 is 0 Å². The molecular weight excluding hydrogens is 206 g/mol. The number of aliphatic imine (C=N–C) groups is 1. The Morgan fingerprint density at radius 1 is 0.941 bits per heavy atom. The van der Waals surface area contributed by atoms with Crippen molar-refractivity contribution in [3.05, 3.63) is 64.7 Å². The van der Waals surface area contributed by atoms with E-state index in [1.165, 1.54) is 22.3 Å². The lowest BCUT2D eigenvalue weighted by atomic mass is 10.0. The standard InChI is InChI=1S/C16H17N/c1-12-9-13(2)14(3)15(10-12)11-17-16-7-5-4-6-8-16/h4-11H,1-3H3. The number of hydrogen-bond acceptors (Lipinski definition) is 1. The van der Waals surface area contributed by atoms with Crippen molar-refractivity contribution in [2.75, 3.05) is 0 Å². The maximum atomic E-state index is 4.49. The highest BCUT2D eigenvalue weighted by atomic mass is 14.7. The zero-order chi connectivity index (χ0) is 12.3. The lowest BCUT2D eigenvalue weighted by Crippen LogP contribution is -1.92. The molecule has 0 aliphatic rings. The molecule has 0 heterocycles. The Morgan fingerprint density at radius 2 is 1.65 bits per heavy atom. The van der Waals surface area contributed by atoms with Crippen LogP contribution < -0.4 is 0 Å². The summed E-state index contributed by atoms with van der Waals surface area (Å²) in [6, 6.07) is 14.4. The summed E-state index contributed by atoms with van der Waals surface area (Å²) >= 11 is 0. The van der Waals surface area contributed by atoms with Crippen LogP contribution in [0.1, 0.15) is 22.3 Å². The molecule has 86 valence electrons. The molecule has 1 nitrogen and oxygen atoms in total. The molecule has 2 aromatic rings. The highest BCUT2D eigenvalue weighted by molar-refractivity contribution is 5.84. The molecule has 0 atom stereocenters. The van der Waals surface area contributed by atoms with E-state index in [1.807, 2.05) is 36.5 Å². The van der Waals surface area contributed by atoms with Crippen LogP contribution >= 0.6 is 0 Å². The quantitative estimate of drug-likeness (QED) is 0.671. The van der Waals surface area contributed by atoms with Gasteiger partial charge in [0.2, 0.25) is 0 Å². The van der Waals surface area contributed by atoms with Gasteiger partial charge in [-0.2, -0.15) is 0 Å². The number of benzene rings is 2. The molecule has 0 aliphatic carbocycles. The number of hydrogen-bond donors (Lipinski definition) is 0. The first-order valence-corrected chi connectivity index (χ1v) is 5.84. The molecule has 0 aliphatic heterocycles. The fourth-order valence-electron chi connectivity index (χ4n) is 1.86. The molecule has 0 unspecified atom stereocenters. The first-order chi connectivity index (χ1) is 8.16. The van der Waals surface area contributed by atoms with Crippen molar-refractivity contribution in [3.8, 4) is 0 Å². The second kappa shape index (κ2) is 4.96. The Bertz CT molecular complexity index is 539. The normalized spacial score (nSPS) is 11.0. The van der Waals surface area contributed by atoms with E-state index in [0.29, 0.717) is 0 Å². The van der Waals surface area contributed by atoms with Crippen LogP contribution in [0.4, 0.5) is 5.69 Å². The van der Waals surface area contributed by atoms with Crippen molar-refractivity contribution in [3.63, 3.8) is 0 Å². The van der Waals surface area contributed by atoms with Crippen molar-refractivity contribution in [2.45, 2.75) is 20.8 Å². The topological polar surface area (TPSA) is 12.4 Å². The van der Waals surface area contributed by atoms with E-state index in [0.717, 1.165) is 5.69 Å². The van der Waals surface area contributed by atoms with E-state index in [4.69, 9.17) is 0 Å². The van der Waals surface area contributed by atoms with Gasteiger partial charge in [0.1, 0.15) is 0 Å². The third-order valence-corrected chi connectivity index (χ3v) is 2.96. The number of para-hydroxylation sites is 1. The van der Waals surface area contributed by atoms with Crippen LogP contribution in [0, 0.1) is 20.8 Å². The number of nitrogens with zero attached hydrogens (tertiary/aromatic N) is 1. The Morgan fingerprint density at radius 3 is 2.35 bits per heavy atom. The first kappa shape index (κ1) is 11.6. The van der Waals surface area contributed by atoms with Gasteiger partial charge in [-0.25, -0.2) is 0 Å². The molecule has 0 N–H and O–H groups in total. The summed E-state index contributed by atoms with van der Waals surface area (Å²) in [6.45, 7) is 6.40. The molecule has 2 rings (SSSR count). The summed E-state index contributed by atoms with van der Waals surface area (Å²) in [6.07, 6.45) is 1.95. The third kappa shape index (κ3) is 2.82. The smallest absolute Gasteiger partial charge is 0.0629 e. The Hall–Kier alpha value is -1.89. The van der Waals surface area contributed by atoms with Gasteiger partial charge in [0.15, 0.2) is 0 Å². The van der Waals surface area contributed by atoms with E-state index in [9.17, 15) is 0 Å². The van der Waals surface area contributed by atoms with Gasteiger partial charge in [0.25, 0.3) is 0 Å². The maximum Gasteiger partial charge on any atom is 0.0629 e. The first-order valence-electron chi connectivity index (χ1n) is 5.84. The number of rotatable bonds is 2. The molecule has 0 amide bonds. The van der Waals surface area contributed by atoms with Crippen LogP contribution in [-0.2, 0) is 0 Å². The minimum absolute atomic E-state index is 0.992. The van der Waals surface area contributed by atoms with E-state index in [1.54, 1.807) is 0 Å². The summed E-state index contributed by atoms with van der Waals surface area (Å²) < 4.78 is 0. The van der Waals surface area contributed by atoms with Crippen LogP contribution in [-0.4, -0.2) is 6.21 Å². The van der Waals surface area contributed by atoms with Gasteiger partial charge in [0.05, 0.1) is 5.69 Å². The van der Waals surface area contributed by atoms with Crippen molar-refractivity contribution >= 4 is 11.9 Å². The van der Waals surface area contributed by atoms with E-state index in [2.05, 4.69) is 37.9 Å². The average Bonchev–Trinajstić information content (AvgIpc) is 2.33. The fourth-order valence-corrected chi connectivity index (χ4v) is 1.86. The van der Waals surface area contributed by atoms with Gasteiger partial charge in [0, 0.05) is 6.21 Å². The van der Waals surface area contributed by atoms with Crippen molar-refractivity contribution in [1.29, 1.82) is 0 Å². The summed E-state index contributed by atoms with van der Waals surface area (Å²) in [5, 5.41) is 0. The highest BCUT2D eigenvalue weighted by Crippen LogP contribution is 2.16. The minimum atomic E-state index is 0.992. The average molecular weight is 223 g/mol. The van der Waals surface area contributed by atoms with E-state index >= 15 is 0 Å². The molecule has 1 heteroatoms. The SMILES string of the molecule is Cc1cc(C)c(C)c(C=Nc2ccccc2)c1. The molecular formula is C16H17N. The summed E-state index contributed by atoms with van der Waals surface area (Å²) in [5.74, 6) is 0. The van der Waals surface area contributed by atoms with Gasteiger partial charge in [-0.1, -0.05) is 35.9 Å². The minimum Gasteiger partial charge on any atom is -0.256 e. The van der Waals surface area contributed by atoms with Gasteiger partial charge in [-0.15, -0.1) is 0 Å². The maximum absolute atomic E-state index is 4.49. The van der Waals surface area contributed by atoms with Crippen LogP contribution in [0.25, 0.3) is 0 Å². The predicted octanol–water partition coefficient (Wildman–Crippen LogP) is 4.36. The highest BCUT2D eigenvalue weighted by Gasteiger charge is 2.00. The Kier molecular flexibility index (Phi) is 3.38. The molecule has 2 aromatic carbocycles. The molecule has 0 radical (unpaired) electrons. The third-order valence-electron chi connectivity index (χ3n) is 2.96. The molecule has 0 bridgehead atoms. The number of aryl methyl sites for hydroxylation is 2. The second-order valence-electron chi connectivity index (χ2n) is 4.39. The lowest BCUT2D eigenvalue weighted by Gasteiger charge is -2.06. The largest absolute Gasteiger partial charge is 0.256 e. The van der Waals surface area contributed by atoms with Crippen LogP contribution in [0.5, 0.6) is 0 Å². The molecule has 0 saturated carbocycles. The van der Waals surface area contributed by atoms with E-state index in [-0.39, 0.29) is 0 Å². The van der Waals surface area contributed by atoms with Crippen LogP contribution in [0.3, 0.4) is 0 Å². The van der Waals surface area contributed by atoms with Crippen molar-refractivity contribution in [1.82, 2.24) is 0 Å². The molecule has 0 spiro atoms. The lowest BCUT2D eigenvalue weighted by molar-refractivity contribution is 1.29. The molecule has 0 aromatic heterocycles. The molecule has 0 saturated heterocycles. The summed E-state index contributed by atoms with van der Waals surface area (Å²) in [7, 11) is 0. The zero-order valence-corrected chi connectivity index (χ0v) is 10.6. The van der Waals surface area contributed by atoms with Gasteiger partial charge in [-0.05, 0) is 49.6 Å². The van der Waals surface area contributed by atoms with Gasteiger partial charge < -0.3 is 0 Å². The van der Waals surface area contributed by atoms with Crippen molar-refractivity contribution in [2.24, 2.45) is 4.99 Å². The van der Waals surface area contributed by atoms with E-state index < -0.39 is 0 Å². The van der Waals surface area contributed by atoms with Crippen LogP contribution in [0.15, 0.2) is 47.5 Å². The Balaban J connectivity index is 2.33. The van der Waals surface area contributed by atoms with Gasteiger partial charge >= 0.3 is 0 Å². The molecule has 17 heavy (non-hydrogen) atoms. The molecule has 0 fully saturated rings. The van der Waals surface area contributed by atoms with Crippen LogP contribution in [0.2, 0.25) is 0 Å².